The molecular formula is C8H12Cl2F2. The van der Waals surface area contributed by atoms with E-state index in [1.807, 2.05) is 0 Å². The SMILES string of the molecule is C=CCC(CCl)CCC(F)(F)Cl. The zero-order valence-electron chi connectivity index (χ0n) is 6.70. The van der Waals surface area contributed by atoms with E-state index >= 15 is 0 Å². The van der Waals surface area contributed by atoms with Crippen molar-refractivity contribution in [2.45, 2.75) is 24.6 Å². The second kappa shape index (κ2) is 5.76. The molecule has 0 N–H and O–H groups in total. The highest BCUT2D eigenvalue weighted by molar-refractivity contribution is 6.21. The first-order valence-corrected chi connectivity index (χ1v) is 4.64. The van der Waals surface area contributed by atoms with Crippen LogP contribution < -0.4 is 0 Å². The van der Waals surface area contributed by atoms with E-state index in [1.54, 1.807) is 6.08 Å². The molecule has 0 aromatic heterocycles. The Bertz CT molecular complexity index is 132. The second-order valence-corrected chi connectivity index (χ2v) is 3.56. The average Bonchev–Trinajstić information content (AvgIpc) is 1.96. The van der Waals surface area contributed by atoms with E-state index in [9.17, 15) is 8.78 Å². The molecule has 0 nitrogen and oxygen atoms in total. The first-order valence-electron chi connectivity index (χ1n) is 3.73. The number of halogens is 4. The van der Waals surface area contributed by atoms with Crippen LogP contribution in [0.5, 0.6) is 0 Å². The lowest BCUT2D eigenvalue weighted by molar-refractivity contribution is 0.0789. The molecule has 0 spiro atoms. The highest BCUT2D eigenvalue weighted by Gasteiger charge is 2.25. The molecule has 1 unspecified atom stereocenters. The van der Waals surface area contributed by atoms with E-state index in [0.717, 1.165) is 0 Å². The summed E-state index contributed by atoms with van der Waals surface area (Å²) in [5.74, 6) is 0.438. The van der Waals surface area contributed by atoms with Gasteiger partial charge in [0.05, 0.1) is 0 Å². The van der Waals surface area contributed by atoms with Crippen LogP contribution in [0.4, 0.5) is 8.78 Å². The number of hydrogen-bond acceptors (Lipinski definition) is 0. The Hall–Kier alpha value is 0.180. The monoisotopic (exact) mass is 216 g/mol. The predicted octanol–water partition coefficient (Wildman–Crippen LogP) is 4.03. The fourth-order valence-corrected chi connectivity index (χ4v) is 1.25. The number of rotatable bonds is 6. The van der Waals surface area contributed by atoms with Crippen LogP contribution in [0.15, 0.2) is 12.7 Å². The van der Waals surface area contributed by atoms with Crippen LogP contribution in [-0.4, -0.2) is 11.3 Å². The second-order valence-electron chi connectivity index (χ2n) is 2.70. The molecule has 1 atom stereocenters. The first kappa shape index (κ1) is 12.2. The van der Waals surface area contributed by atoms with Crippen molar-refractivity contribution < 1.29 is 8.78 Å². The number of hydrogen-bond donors (Lipinski definition) is 0. The largest absolute Gasteiger partial charge is 0.321 e. The Kier molecular flexibility index (Phi) is 5.85. The van der Waals surface area contributed by atoms with Gasteiger partial charge in [0.1, 0.15) is 0 Å². The molecule has 72 valence electrons. The molecule has 12 heavy (non-hydrogen) atoms. The fraction of sp³-hybridized carbons (Fsp3) is 0.750. The zero-order chi connectivity index (χ0) is 9.61. The van der Waals surface area contributed by atoms with Gasteiger partial charge in [-0.2, -0.15) is 8.78 Å². The highest BCUT2D eigenvalue weighted by atomic mass is 35.5. The molecule has 0 aliphatic rings. The van der Waals surface area contributed by atoms with Crippen molar-refractivity contribution >= 4 is 23.2 Å². The van der Waals surface area contributed by atoms with Gasteiger partial charge in [0.2, 0.25) is 0 Å². The molecule has 0 bridgehead atoms. The molecule has 0 amide bonds. The lowest BCUT2D eigenvalue weighted by atomic mass is 10.0. The van der Waals surface area contributed by atoms with E-state index in [1.165, 1.54) is 0 Å². The quantitative estimate of drug-likeness (QED) is 0.465. The van der Waals surface area contributed by atoms with Gasteiger partial charge in [0.25, 0.3) is 0 Å². The minimum atomic E-state index is -3.09. The topological polar surface area (TPSA) is 0 Å². The summed E-state index contributed by atoms with van der Waals surface area (Å²) >= 11 is 10.3. The van der Waals surface area contributed by atoms with Crippen LogP contribution in [0.25, 0.3) is 0 Å². The maximum atomic E-state index is 12.2. The molecule has 0 radical (unpaired) electrons. The van der Waals surface area contributed by atoms with Crippen LogP contribution in [-0.2, 0) is 0 Å². The Balaban J connectivity index is 3.64. The van der Waals surface area contributed by atoms with E-state index in [-0.39, 0.29) is 12.3 Å². The maximum Gasteiger partial charge on any atom is 0.321 e. The molecule has 0 aliphatic heterocycles. The van der Waals surface area contributed by atoms with Crippen LogP contribution in [0, 0.1) is 5.92 Å². The molecule has 0 heterocycles. The van der Waals surface area contributed by atoms with Gasteiger partial charge in [-0.15, -0.1) is 18.2 Å². The molecular weight excluding hydrogens is 205 g/mol. The van der Waals surface area contributed by atoms with Crippen molar-refractivity contribution in [2.75, 3.05) is 5.88 Å². The predicted molar refractivity (Wildman–Crippen MR) is 49.1 cm³/mol. The van der Waals surface area contributed by atoms with Crippen molar-refractivity contribution in [2.24, 2.45) is 5.92 Å². The lowest BCUT2D eigenvalue weighted by Gasteiger charge is -2.13. The third-order valence-corrected chi connectivity index (χ3v) is 2.18. The third-order valence-electron chi connectivity index (χ3n) is 1.55. The highest BCUT2D eigenvalue weighted by Crippen LogP contribution is 2.28. The van der Waals surface area contributed by atoms with Crippen molar-refractivity contribution in [3.05, 3.63) is 12.7 Å². The summed E-state index contributed by atoms with van der Waals surface area (Å²) in [6.07, 6.45) is 2.36. The van der Waals surface area contributed by atoms with Crippen LogP contribution in [0.2, 0.25) is 0 Å². The minimum absolute atomic E-state index is 0.0637. The zero-order valence-corrected chi connectivity index (χ0v) is 8.21. The third kappa shape index (κ3) is 6.86. The van der Waals surface area contributed by atoms with E-state index < -0.39 is 5.38 Å². The number of allylic oxidation sites excluding steroid dienone is 1. The minimum Gasteiger partial charge on any atom is -0.188 e. The van der Waals surface area contributed by atoms with Crippen molar-refractivity contribution in [1.82, 2.24) is 0 Å². The van der Waals surface area contributed by atoms with Gasteiger partial charge in [-0.1, -0.05) is 6.08 Å². The molecule has 0 saturated carbocycles. The molecule has 0 saturated heterocycles. The van der Waals surface area contributed by atoms with Gasteiger partial charge < -0.3 is 0 Å². The van der Waals surface area contributed by atoms with E-state index in [0.29, 0.717) is 18.7 Å². The van der Waals surface area contributed by atoms with Crippen molar-refractivity contribution in [3.63, 3.8) is 0 Å². The molecule has 0 fully saturated rings. The normalized spacial score (nSPS) is 14.3. The van der Waals surface area contributed by atoms with Crippen LogP contribution >= 0.6 is 23.2 Å². The molecule has 4 heteroatoms. The maximum absolute atomic E-state index is 12.2. The smallest absolute Gasteiger partial charge is 0.188 e. The Morgan fingerprint density at radius 3 is 2.42 bits per heavy atom. The van der Waals surface area contributed by atoms with Gasteiger partial charge in [0.15, 0.2) is 0 Å². The van der Waals surface area contributed by atoms with Crippen molar-refractivity contribution in [3.8, 4) is 0 Å². The summed E-state index contributed by atoms with van der Waals surface area (Å²) in [4.78, 5) is 0. The first-order chi connectivity index (χ1) is 5.49. The summed E-state index contributed by atoms with van der Waals surface area (Å²) in [7, 11) is 0. The molecule has 0 aliphatic carbocycles. The van der Waals surface area contributed by atoms with Crippen LogP contribution in [0.3, 0.4) is 0 Å². The Labute approximate surface area is 81.5 Å². The van der Waals surface area contributed by atoms with E-state index in [2.05, 4.69) is 6.58 Å². The molecule has 0 aromatic rings. The van der Waals surface area contributed by atoms with Gasteiger partial charge in [0, 0.05) is 12.3 Å². The Morgan fingerprint density at radius 1 is 1.50 bits per heavy atom. The summed E-state index contributed by atoms with van der Waals surface area (Å²) in [5, 5.41) is -3.09. The molecule has 0 aromatic carbocycles. The average molecular weight is 217 g/mol. The summed E-state index contributed by atoms with van der Waals surface area (Å²) < 4.78 is 24.3. The van der Waals surface area contributed by atoms with Crippen molar-refractivity contribution in [1.29, 1.82) is 0 Å². The van der Waals surface area contributed by atoms with Gasteiger partial charge in [-0.25, -0.2) is 0 Å². The lowest BCUT2D eigenvalue weighted by Crippen LogP contribution is -2.10. The van der Waals surface area contributed by atoms with Gasteiger partial charge in [-0.05, 0) is 30.4 Å². The standard InChI is InChI=1S/C8H12Cl2F2/c1-2-3-7(6-9)4-5-8(10,11)12/h2,7H,1,3-6H2. The van der Waals surface area contributed by atoms with E-state index in [4.69, 9.17) is 23.2 Å². The summed E-state index contributed by atoms with van der Waals surface area (Å²) in [5.41, 5.74) is 0. The van der Waals surface area contributed by atoms with Gasteiger partial charge in [-0.3, -0.25) is 0 Å². The number of alkyl halides is 4. The fourth-order valence-electron chi connectivity index (χ4n) is 0.861. The Morgan fingerprint density at radius 2 is 2.08 bits per heavy atom. The molecule has 0 rings (SSSR count). The summed E-state index contributed by atoms with van der Waals surface area (Å²) in [6.45, 7) is 3.51. The summed E-state index contributed by atoms with van der Waals surface area (Å²) in [6, 6.07) is 0. The van der Waals surface area contributed by atoms with Crippen LogP contribution in [0.1, 0.15) is 19.3 Å². The van der Waals surface area contributed by atoms with Gasteiger partial charge >= 0.3 is 5.38 Å².